The number of nitrogens with one attached hydrogen (secondary N) is 1. The molecule has 0 fully saturated rings. The van der Waals surface area contributed by atoms with E-state index >= 15 is 0 Å². The van der Waals surface area contributed by atoms with Crippen LogP contribution in [0.15, 0.2) is 23.0 Å². The first kappa shape index (κ1) is 21.1. The maximum atomic E-state index is 13.5. The lowest BCUT2D eigenvalue weighted by Crippen LogP contribution is -2.32. The highest BCUT2D eigenvalue weighted by molar-refractivity contribution is 5.91. The van der Waals surface area contributed by atoms with Gasteiger partial charge in [-0.2, -0.15) is 0 Å². The van der Waals surface area contributed by atoms with Crippen LogP contribution in [0.25, 0.3) is 22.3 Å². The standard InChI is InChI=1S/C25H25N3O6/c1-2-13-14-6-20-23-17(10-28(20)24(30)18(14)11-32-25(13)31)16(9-26-4-3-5-29)15-7-21-22(34-12-33-21)8-19(15)27-23/h6-8,13,26,29H,2-5,9-12H2,1H3. The van der Waals surface area contributed by atoms with E-state index in [0.717, 1.165) is 39.0 Å². The van der Waals surface area contributed by atoms with Crippen LogP contribution < -0.4 is 20.3 Å². The molecule has 0 amide bonds. The van der Waals surface area contributed by atoms with Gasteiger partial charge in [-0.1, -0.05) is 6.92 Å². The molecule has 3 aliphatic heterocycles. The van der Waals surface area contributed by atoms with Gasteiger partial charge in [-0.3, -0.25) is 9.59 Å². The van der Waals surface area contributed by atoms with Crippen molar-refractivity contribution >= 4 is 16.9 Å². The molecule has 34 heavy (non-hydrogen) atoms. The molecule has 3 aromatic rings. The zero-order valence-electron chi connectivity index (χ0n) is 18.8. The third-order valence-electron chi connectivity index (χ3n) is 6.93. The van der Waals surface area contributed by atoms with Gasteiger partial charge in [-0.25, -0.2) is 4.98 Å². The summed E-state index contributed by atoms with van der Waals surface area (Å²) in [6.07, 6.45) is 1.21. The van der Waals surface area contributed by atoms with Gasteiger partial charge in [0, 0.05) is 30.2 Å². The second-order valence-electron chi connectivity index (χ2n) is 8.82. The summed E-state index contributed by atoms with van der Waals surface area (Å²) in [4.78, 5) is 30.8. The Morgan fingerprint density at radius 1 is 1.15 bits per heavy atom. The number of hydrogen-bond acceptors (Lipinski definition) is 8. The highest BCUT2D eigenvalue weighted by Gasteiger charge is 2.35. The SMILES string of the molecule is CCC1C(=O)OCc2c1cc1n(c2=O)Cc2c-1nc1cc3c(cc1c2CNCCCO)OCO3. The lowest BCUT2D eigenvalue weighted by atomic mass is 9.90. The number of carbonyl (C=O) groups is 1. The fourth-order valence-corrected chi connectivity index (χ4v) is 5.19. The van der Waals surface area contributed by atoms with Crippen molar-refractivity contribution in [2.75, 3.05) is 19.9 Å². The lowest BCUT2D eigenvalue weighted by Gasteiger charge is -2.24. The molecule has 2 aromatic heterocycles. The topological polar surface area (TPSA) is 112 Å². The van der Waals surface area contributed by atoms with Crippen LogP contribution in [0.1, 0.15) is 47.9 Å². The Balaban J connectivity index is 1.55. The zero-order chi connectivity index (χ0) is 23.4. The number of ether oxygens (including phenoxy) is 3. The molecule has 3 aliphatic rings. The predicted molar refractivity (Wildman–Crippen MR) is 123 cm³/mol. The third-order valence-corrected chi connectivity index (χ3v) is 6.93. The molecule has 1 unspecified atom stereocenters. The molecule has 176 valence electrons. The molecular formula is C25H25N3O6. The average molecular weight is 463 g/mol. The summed E-state index contributed by atoms with van der Waals surface area (Å²) in [5, 5.41) is 13.5. The van der Waals surface area contributed by atoms with E-state index in [1.807, 2.05) is 25.1 Å². The van der Waals surface area contributed by atoms with Crippen molar-refractivity contribution in [1.82, 2.24) is 14.9 Å². The fourth-order valence-electron chi connectivity index (χ4n) is 5.19. The molecule has 1 aromatic carbocycles. The Kier molecular flexibility index (Phi) is 5.04. The zero-order valence-corrected chi connectivity index (χ0v) is 18.8. The van der Waals surface area contributed by atoms with Gasteiger partial charge in [0.05, 0.1) is 34.9 Å². The van der Waals surface area contributed by atoms with Crippen LogP contribution in [0, 0.1) is 0 Å². The number of hydrogen-bond donors (Lipinski definition) is 2. The van der Waals surface area contributed by atoms with Crippen LogP contribution in [-0.4, -0.2) is 40.6 Å². The monoisotopic (exact) mass is 463 g/mol. The molecule has 9 heteroatoms. The van der Waals surface area contributed by atoms with Crippen LogP contribution >= 0.6 is 0 Å². The maximum absolute atomic E-state index is 13.5. The maximum Gasteiger partial charge on any atom is 0.313 e. The van der Waals surface area contributed by atoms with Crippen molar-refractivity contribution < 1.29 is 24.1 Å². The molecule has 5 heterocycles. The average Bonchev–Trinajstić information content (AvgIpc) is 3.44. The smallest absolute Gasteiger partial charge is 0.313 e. The number of benzene rings is 1. The molecule has 9 nitrogen and oxygen atoms in total. The Hall–Kier alpha value is -3.43. The van der Waals surface area contributed by atoms with E-state index in [1.54, 1.807) is 4.57 Å². The largest absolute Gasteiger partial charge is 0.460 e. The Bertz CT molecular complexity index is 1400. The van der Waals surface area contributed by atoms with E-state index in [1.165, 1.54) is 0 Å². The minimum absolute atomic E-state index is 0.00645. The summed E-state index contributed by atoms with van der Waals surface area (Å²) in [6, 6.07) is 5.77. The van der Waals surface area contributed by atoms with Crippen molar-refractivity contribution in [3.05, 3.63) is 50.8 Å². The van der Waals surface area contributed by atoms with Gasteiger partial charge in [-0.05, 0) is 42.6 Å². The van der Waals surface area contributed by atoms with E-state index in [9.17, 15) is 9.59 Å². The Labute approximate surface area is 195 Å². The summed E-state index contributed by atoms with van der Waals surface area (Å²) in [5.74, 6) is 0.593. The number of carbonyl (C=O) groups excluding carboxylic acids is 1. The minimum Gasteiger partial charge on any atom is -0.460 e. The number of fused-ring (bicyclic) bond motifs is 6. The first-order valence-corrected chi connectivity index (χ1v) is 11.6. The quantitative estimate of drug-likeness (QED) is 0.331. The van der Waals surface area contributed by atoms with E-state index in [2.05, 4.69) is 5.32 Å². The minimum atomic E-state index is -0.444. The molecule has 0 saturated heterocycles. The molecule has 0 spiro atoms. The number of nitrogens with zero attached hydrogens (tertiary/aromatic N) is 2. The molecule has 6 rings (SSSR count). The number of rotatable bonds is 6. The lowest BCUT2D eigenvalue weighted by molar-refractivity contribution is -0.148. The predicted octanol–water partition coefficient (Wildman–Crippen LogP) is 2.18. The third kappa shape index (κ3) is 3.11. The van der Waals surface area contributed by atoms with Crippen molar-refractivity contribution in [1.29, 1.82) is 0 Å². The normalized spacial score (nSPS) is 17.5. The summed E-state index contributed by atoms with van der Waals surface area (Å²) >= 11 is 0. The fraction of sp³-hybridized carbons (Fsp3) is 0.400. The molecule has 0 aliphatic carbocycles. The van der Waals surface area contributed by atoms with Crippen LogP contribution in [0.2, 0.25) is 0 Å². The number of pyridine rings is 2. The van der Waals surface area contributed by atoms with E-state index in [4.69, 9.17) is 24.3 Å². The number of cyclic esters (lactones) is 1. The summed E-state index contributed by atoms with van der Waals surface area (Å²) in [7, 11) is 0. The number of aromatic nitrogens is 2. The summed E-state index contributed by atoms with van der Waals surface area (Å²) in [5.41, 5.74) is 5.41. The molecule has 0 bridgehead atoms. The van der Waals surface area contributed by atoms with Crippen molar-refractivity contribution in [2.45, 2.75) is 45.4 Å². The molecular weight excluding hydrogens is 438 g/mol. The molecule has 0 saturated carbocycles. The van der Waals surface area contributed by atoms with E-state index in [-0.39, 0.29) is 31.5 Å². The summed E-state index contributed by atoms with van der Waals surface area (Å²) < 4.78 is 18.2. The van der Waals surface area contributed by atoms with Crippen molar-refractivity contribution in [3.8, 4) is 22.9 Å². The van der Waals surface area contributed by atoms with Gasteiger partial charge in [-0.15, -0.1) is 0 Å². The van der Waals surface area contributed by atoms with Gasteiger partial charge in [0.25, 0.3) is 5.56 Å². The summed E-state index contributed by atoms with van der Waals surface area (Å²) in [6.45, 7) is 3.84. The van der Waals surface area contributed by atoms with Crippen LogP contribution in [0.5, 0.6) is 11.5 Å². The highest BCUT2D eigenvalue weighted by Crippen LogP contribution is 2.42. The first-order valence-electron chi connectivity index (χ1n) is 11.6. The second kappa shape index (κ2) is 8.11. The van der Waals surface area contributed by atoms with Gasteiger partial charge >= 0.3 is 5.97 Å². The van der Waals surface area contributed by atoms with Crippen LogP contribution in [-0.2, 0) is 29.2 Å². The first-order chi connectivity index (χ1) is 16.6. The number of aliphatic hydroxyl groups excluding tert-OH is 1. The number of esters is 1. The molecule has 2 N–H and O–H groups in total. The van der Waals surface area contributed by atoms with Gasteiger partial charge in [0.15, 0.2) is 11.5 Å². The second-order valence-corrected chi connectivity index (χ2v) is 8.82. The molecule has 1 atom stereocenters. The van der Waals surface area contributed by atoms with Gasteiger partial charge in [0.2, 0.25) is 6.79 Å². The Morgan fingerprint density at radius 3 is 2.76 bits per heavy atom. The van der Waals surface area contributed by atoms with Crippen LogP contribution in [0.4, 0.5) is 0 Å². The van der Waals surface area contributed by atoms with Crippen molar-refractivity contribution in [3.63, 3.8) is 0 Å². The van der Waals surface area contributed by atoms with Gasteiger partial charge in [0.1, 0.15) is 6.61 Å². The number of aliphatic hydroxyl groups is 1. The Morgan fingerprint density at radius 2 is 1.97 bits per heavy atom. The highest BCUT2D eigenvalue weighted by atomic mass is 16.7. The van der Waals surface area contributed by atoms with E-state index in [0.29, 0.717) is 49.5 Å². The van der Waals surface area contributed by atoms with Gasteiger partial charge < -0.3 is 29.2 Å². The van der Waals surface area contributed by atoms with Crippen molar-refractivity contribution in [2.24, 2.45) is 0 Å². The van der Waals surface area contributed by atoms with Crippen LogP contribution in [0.3, 0.4) is 0 Å². The van der Waals surface area contributed by atoms with E-state index < -0.39 is 5.92 Å². The molecule has 0 radical (unpaired) electrons.